The zero-order chi connectivity index (χ0) is 16.5. The minimum absolute atomic E-state index is 0.334. The smallest absolute Gasteiger partial charge is 0.329 e. The lowest BCUT2D eigenvalue weighted by Gasteiger charge is -2.13. The third-order valence-corrected chi connectivity index (χ3v) is 2.87. The Morgan fingerprint density at radius 2 is 2.18 bits per heavy atom. The maximum absolute atomic E-state index is 11.0. The molecule has 7 nitrogen and oxygen atoms in total. The molecule has 0 aliphatic carbocycles. The first-order valence-electron chi connectivity index (χ1n) is 6.32. The number of amides is 2. The number of hydrazone groups is 1. The Labute approximate surface area is 136 Å². The van der Waals surface area contributed by atoms with Gasteiger partial charge in [-0.2, -0.15) is 5.10 Å². The normalized spacial score (nSPS) is 10.3. The molecule has 1 aromatic carbocycles. The summed E-state index contributed by atoms with van der Waals surface area (Å²) in [5, 5.41) is 3.64. The highest BCUT2D eigenvalue weighted by atomic mass is 79.9. The van der Waals surface area contributed by atoms with E-state index in [1.165, 1.54) is 6.21 Å². The predicted octanol–water partition coefficient (Wildman–Crippen LogP) is 1.35. The lowest BCUT2D eigenvalue weighted by molar-refractivity contribution is -0.137. The first-order chi connectivity index (χ1) is 10.5. The van der Waals surface area contributed by atoms with Crippen molar-refractivity contribution < 1.29 is 19.1 Å². The molecule has 1 rings (SSSR count). The number of primary amides is 1. The predicted molar refractivity (Wildman–Crippen MR) is 85.9 cm³/mol. The number of nitrogens with zero attached hydrogens (tertiary/aromatic N) is 1. The SMILES string of the molecule is C=CCOc1c(Br)cc(/C=N\NC(=O)C(N)=O)cc1OCC. The van der Waals surface area contributed by atoms with Gasteiger partial charge in [0.1, 0.15) is 6.61 Å². The number of halogens is 1. The van der Waals surface area contributed by atoms with Gasteiger partial charge in [-0.3, -0.25) is 9.59 Å². The van der Waals surface area contributed by atoms with Crippen molar-refractivity contribution in [1.29, 1.82) is 0 Å². The number of benzene rings is 1. The average Bonchev–Trinajstić information content (AvgIpc) is 2.46. The van der Waals surface area contributed by atoms with Gasteiger partial charge in [0.25, 0.3) is 0 Å². The minimum Gasteiger partial charge on any atom is -0.490 e. The topological polar surface area (TPSA) is 103 Å². The van der Waals surface area contributed by atoms with E-state index in [-0.39, 0.29) is 0 Å². The van der Waals surface area contributed by atoms with Crippen molar-refractivity contribution in [2.75, 3.05) is 13.2 Å². The molecule has 0 radical (unpaired) electrons. The molecule has 0 saturated heterocycles. The summed E-state index contributed by atoms with van der Waals surface area (Å²) in [6.45, 7) is 6.22. The van der Waals surface area contributed by atoms with Crippen LogP contribution in [0.25, 0.3) is 0 Å². The highest BCUT2D eigenvalue weighted by molar-refractivity contribution is 9.10. The number of rotatable bonds is 7. The molecular formula is C14H16BrN3O4. The van der Waals surface area contributed by atoms with E-state index in [2.05, 4.69) is 27.6 Å². The molecule has 3 N–H and O–H groups in total. The van der Waals surface area contributed by atoms with Gasteiger partial charge in [-0.15, -0.1) is 0 Å². The zero-order valence-electron chi connectivity index (χ0n) is 12.0. The summed E-state index contributed by atoms with van der Waals surface area (Å²) in [5.41, 5.74) is 7.43. The summed E-state index contributed by atoms with van der Waals surface area (Å²) >= 11 is 3.38. The Balaban J connectivity index is 2.97. The third-order valence-electron chi connectivity index (χ3n) is 2.28. The van der Waals surface area contributed by atoms with Gasteiger partial charge in [0.15, 0.2) is 11.5 Å². The number of hydrogen-bond donors (Lipinski definition) is 2. The molecular weight excluding hydrogens is 354 g/mol. The van der Waals surface area contributed by atoms with Crippen LogP contribution >= 0.6 is 15.9 Å². The summed E-state index contributed by atoms with van der Waals surface area (Å²) in [5.74, 6) is -1.05. The molecule has 0 bridgehead atoms. The molecule has 118 valence electrons. The van der Waals surface area contributed by atoms with Crippen LogP contribution in [0.15, 0.2) is 34.4 Å². The molecule has 0 fully saturated rings. The second-order valence-electron chi connectivity index (χ2n) is 3.93. The van der Waals surface area contributed by atoms with Gasteiger partial charge in [0.2, 0.25) is 0 Å². The molecule has 2 amide bonds. The van der Waals surface area contributed by atoms with Crippen molar-refractivity contribution in [3.8, 4) is 11.5 Å². The van der Waals surface area contributed by atoms with Crippen LogP contribution in [0, 0.1) is 0 Å². The Bertz CT molecular complexity index is 602. The Kier molecular flexibility index (Phi) is 7.11. The molecule has 0 spiro atoms. The molecule has 22 heavy (non-hydrogen) atoms. The summed E-state index contributed by atoms with van der Waals surface area (Å²) in [6, 6.07) is 3.41. The van der Waals surface area contributed by atoms with Gasteiger partial charge >= 0.3 is 11.8 Å². The molecule has 8 heteroatoms. The monoisotopic (exact) mass is 369 g/mol. The van der Waals surface area contributed by atoms with E-state index in [9.17, 15) is 9.59 Å². The number of ether oxygens (including phenoxy) is 2. The highest BCUT2D eigenvalue weighted by Gasteiger charge is 2.11. The molecule has 0 aliphatic rings. The van der Waals surface area contributed by atoms with E-state index in [0.29, 0.717) is 34.7 Å². The fraction of sp³-hybridized carbons (Fsp3) is 0.214. The Morgan fingerprint density at radius 1 is 1.45 bits per heavy atom. The number of nitrogens with two attached hydrogens (primary N) is 1. The number of carbonyl (C=O) groups excluding carboxylic acids is 2. The van der Waals surface area contributed by atoms with Crippen LogP contribution < -0.4 is 20.6 Å². The first kappa shape index (κ1) is 17.7. The van der Waals surface area contributed by atoms with Crippen molar-refractivity contribution in [1.82, 2.24) is 5.43 Å². The third kappa shape index (κ3) is 5.21. The van der Waals surface area contributed by atoms with Gasteiger partial charge in [0, 0.05) is 0 Å². The Hall–Kier alpha value is -2.35. The fourth-order valence-corrected chi connectivity index (χ4v) is 2.00. The average molecular weight is 370 g/mol. The summed E-state index contributed by atoms with van der Waals surface area (Å²) in [6.07, 6.45) is 2.97. The molecule has 0 saturated carbocycles. The van der Waals surface area contributed by atoms with Crippen molar-refractivity contribution in [2.24, 2.45) is 10.8 Å². The summed E-state index contributed by atoms with van der Waals surface area (Å²) < 4.78 is 11.7. The number of hydrogen-bond acceptors (Lipinski definition) is 5. The molecule has 0 aliphatic heterocycles. The van der Waals surface area contributed by atoms with Crippen molar-refractivity contribution in [3.63, 3.8) is 0 Å². The van der Waals surface area contributed by atoms with E-state index < -0.39 is 11.8 Å². The fourth-order valence-electron chi connectivity index (χ4n) is 1.43. The highest BCUT2D eigenvalue weighted by Crippen LogP contribution is 2.36. The molecule has 0 aromatic heterocycles. The van der Waals surface area contributed by atoms with Crippen molar-refractivity contribution in [3.05, 3.63) is 34.8 Å². The lowest BCUT2D eigenvalue weighted by Crippen LogP contribution is -2.32. The van der Waals surface area contributed by atoms with Gasteiger partial charge in [-0.05, 0) is 40.5 Å². The second kappa shape index (κ2) is 8.83. The molecule has 1 aromatic rings. The van der Waals surface area contributed by atoms with E-state index in [1.54, 1.807) is 18.2 Å². The lowest BCUT2D eigenvalue weighted by atomic mass is 10.2. The second-order valence-corrected chi connectivity index (χ2v) is 4.78. The van der Waals surface area contributed by atoms with Crippen LogP contribution in [0.2, 0.25) is 0 Å². The van der Waals surface area contributed by atoms with Gasteiger partial charge in [-0.25, -0.2) is 5.43 Å². The number of carbonyl (C=O) groups is 2. The van der Waals surface area contributed by atoms with Gasteiger partial charge in [0.05, 0.1) is 17.3 Å². The maximum Gasteiger partial charge on any atom is 0.329 e. The molecule has 0 heterocycles. The quantitative estimate of drug-likeness (QED) is 0.327. The van der Waals surface area contributed by atoms with E-state index >= 15 is 0 Å². The van der Waals surface area contributed by atoms with Crippen LogP contribution in [0.1, 0.15) is 12.5 Å². The largest absolute Gasteiger partial charge is 0.490 e. The van der Waals surface area contributed by atoms with E-state index in [1.807, 2.05) is 12.3 Å². The van der Waals surface area contributed by atoms with Crippen LogP contribution in [-0.2, 0) is 9.59 Å². The minimum atomic E-state index is -1.11. The summed E-state index contributed by atoms with van der Waals surface area (Å²) in [7, 11) is 0. The maximum atomic E-state index is 11.0. The van der Waals surface area contributed by atoms with Crippen molar-refractivity contribution in [2.45, 2.75) is 6.92 Å². The summed E-state index contributed by atoms with van der Waals surface area (Å²) in [4.78, 5) is 21.5. The first-order valence-corrected chi connectivity index (χ1v) is 7.11. The van der Waals surface area contributed by atoms with E-state index in [4.69, 9.17) is 15.2 Å². The zero-order valence-corrected chi connectivity index (χ0v) is 13.6. The Morgan fingerprint density at radius 3 is 2.77 bits per heavy atom. The van der Waals surface area contributed by atoms with Crippen molar-refractivity contribution >= 4 is 34.0 Å². The van der Waals surface area contributed by atoms with Gasteiger partial charge in [-0.1, -0.05) is 12.7 Å². The number of nitrogens with one attached hydrogen (secondary N) is 1. The van der Waals surface area contributed by atoms with Gasteiger partial charge < -0.3 is 15.2 Å². The standard InChI is InChI=1S/C14H16BrN3O4/c1-3-5-22-12-10(15)6-9(7-11(12)21-4-2)8-17-18-14(20)13(16)19/h3,6-8H,1,4-5H2,2H3,(H2,16,19)(H,18,20)/b17-8-. The van der Waals surface area contributed by atoms with Crippen LogP contribution in [0.3, 0.4) is 0 Å². The molecule has 0 unspecified atom stereocenters. The van der Waals surface area contributed by atoms with Crippen LogP contribution in [0.5, 0.6) is 11.5 Å². The van der Waals surface area contributed by atoms with E-state index in [0.717, 1.165) is 0 Å². The van der Waals surface area contributed by atoms with Crippen LogP contribution in [-0.4, -0.2) is 31.2 Å². The molecule has 0 atom stereocenters. The van der Waals surface area contributed by atoms with Crippen LogP contribution in [0.4, 0.5) is 0 Å².